The van der Waals surface area contributed by atoms with Gasteiger partial charge in [0.05, 0.1) is 25.2 Å². The minimum absolute atomic E-state index is 0.00578. The first-order valence-electron chi connectivity index (χ1n) is 5.58. The number of esters is 2. The Morgan fingerprint density at radius 3 is 2.41 bits per heavy atom. The Morgan fingerprint density at radius 1 is 1.27 bits per heavy atom. The number of nitrogens with zero attached hydrogens (tertiary/aromatic N) is 1. The van der Waals surface area contributed by atoms with E-state index < -0.39 is 16.9 Å². The minimum Gasteiger partial charge on any atom is -0.466 e. The molecule has 0 bridgehead atoms. The fourth-order valence-electron chi connectivity index (χ4n) is 1.40. The lowest BCUT2D eigenvalue weighted by Crippen LogP contribution is -2.16. The monoisotopic (exact) mass is 436 g/mol. The third-order valence-corrected chi connectivity index (χ3v) is 3.44. The van der Waals surface area contributed by atoms with Crippen LogP contribution in [-0.4, -0.2) is 31.1 Å². The Morgan fingerprint density at radius 2 is 1.91 bits per heavy atom. The van der Waals surface area contributed by atoms with Crippen molar-refractivity contribution in [3.8, 4) is 0 Å². The molecule has 1 aromatic rings. The Hall–Kier alpha value is -1.94. The molecule has 1 aromatic carbocycles. The lowest BCUT2D eigenvalue weighted by molar-refractivity contribution is -0.384. The Kier molecular flexibility index (Phi) is 6.50. The van der Waals surface area contributed by atoms with Gasteiger partial charge in [0, 0.05) is 15.0 Å². The van der Waals surface area contributed by atoms with Crippen LogP contribution in [0.15, 0.2) is 32.9 Å². The fourth-order valence-corrected chi connectivity index (χ4v) is 2.70. The first-order valence-corrected chi connectivity index (χ1v) is 7.17. The maximum atomic E-state index is 11.7. The molecule has 22 heavy (non-hydrogen) atoms. The SMILES string of the molecule is COC(=O)/C=C(/Nc1c(Br)cc(Br)cc1[N+](=O)[O-])C(=O)OC. The lowest BCUT2D eigenvalue weighted by Gasteiger charge is -2.11. The van der Waals surface area contributed by atoms with E-state index in [2.05, 4.69) is 46.7 Å². The van der Waals surface area contributed by atoms with Crippen molar-refractivity contribution in [2.75, 3.05) is 19.5 Å². The number of rotatable bonds is 5. The zero-order valence-corrected chi connectivity index (χ0v) is 14.6. The summed E-state index contributed by atoms with van der Waals surface area (Å²) in [5, 5.41) is 13.6. The number of anilines is 1. The van der Waals surface area contributed by atoms with Crippen LogP contribution in [-0.2, 0) is 19.1 Å². The molecule has 0 unspecified atom stereocenters. The number of nitro benzene ring substituents is 1. The van der Waals surface area contributed by atoms with Crippen molar-refractivity contribution >= 4 is 55.2 Å². The molecule has 0 aliphatic rings. The van der Waals surface area contributed by atoms with Crippen molar-refractivity contribution in [2.45, 2.75) is 0 Å². The van der Waals surface area contributed by atoms with Gasteiger partial charge in [-0.05, 0) is 22.0 Å². The summed E-state index contributed by atoms with van der Waals surface area (Å²) in [6.45, 7) is 0. The van der Waals surface area contributed by atoms with Crippen LogP contribution >= 0.6 is 31.9 Å². The second-order valence-electron chi connectivity index (χ2n) is 3.74. The summed E-state index contributed by atoms with van der Waals surface area (Å²) < 4.78 is 9.73. The highest BCUT2D eigenvalue weighted by Gasteiger charge is 2.22. The molecule has 1 N–H and O–H groups in total. The van der Waals surface area contributed by atoms with Gasteiger partial charge in [-0.15, -0.1) is 0 Å². The number of carbonyl (C=O) groups is 2. The van der Waals surface area contributed by atoms with Crippen LogP contribution in [0.25, 0.3) is 0 Å². The summed E-state index contributed by atoms with van der Waals surface area (Å²) in [6, 6.07) is 2.79. The van der Waals surface area contributed by atoms with Crippen LogP contribution in [0.3, 0.4) is 0 Å². The number of halogens is 2. The summed E-state index contributed by atoms with van der Waals surface area (Å²) in [5.41, 5.74) is -0.616. The number of ether oxygens (including phenoxy) is 2. The topological polar surface area (TPSA) is 108 Å². The molecule has 0 amide bonds. The quantitative estimate of drug-likeness (QED) is 0.326. The molecule has 0 saturated carbocycles. The predicted octanol–water partition coefficient (Wildman–Crippen LogP) is 2.76. The highest BCUT2D eigenvalue weighted by molar-refractivity contribution is 9.11. The smallest absolute Gasteiger partial charge is 0.354 e. The number of benzene rings is 1. The van der Waals surface area contributed by atoms with E-state index in [0.717, 1.165) is 20.3 Å². The molecular weight excluding hydrogens is 428 g/mol. The highest BCUT2D eigenvalue weighted by atomic mass is 79.9. The van der Waals surface area contributed by atoms with E-state index in [1.54, 1.807) is 6.07 Å². The van der Waals surface area contributed by atoms with Crippen molar-refractivity contribution in [2.24, 2.45) is 0 Å². The average Bonchev–Trinajstić information content (AvgIpc) is 2.47. The molecule has 0 aliphatic heterocycles. The Bertz CT molecular complexity index is 659. The summed E-state index contributed by atoms with van der Waals surface area (Å²) in [4.78, 5) is 33.5. The molecule has 10 heteroatoms. The van der Waals surface area contributed by atoms with Crippen molar-refractivity contribution < 1.29 is 24.0 Å². The van der Waals surface area contributed by atoms with Gasteiger partial charge >= 0.3 is 11.9 Å². The van der Waals surface area contributed by atoms with E-state index in [9.17, 15) is 19.7 Å². The lowest BCUT2D eigenvalue weighted by atomic mass is 10.2. The van der Waals surface area contributed by atoms with E-state index >= 15 is 0 Å². The molecule has 1 rings (SSSR count). The molecule has 0 fully saturated rings. The molecule has 0 atom stereocenters. The van der Waals surface area contributed by atoms with E-state index in [-0.39, 0.29) is 17.1 Å². The fraction of sp³-hybridized carbons (Fsp3) is 0.167. The molecular formula is C12H10Br2N2O6. The van der Waals surface area contributed by atoms with Crippen molar-refractivity contribution in [1.82, 2.24) is 0 Å². The van der Waals surface area contributed by atoms with Crippen molar-refractivity contribution in [3.05, 3.63) is 43.0 Å². The maximum absolute atomic E-state index is 11.7. The molecule has 0 aliphatic carbocycles. The zero-order chi connectivity index (χ0) is 16.9. The third kappa shape index (κ3) is 4.53. The van der Waals surface area contributed by atoms with Crippen LogP contribution in [0.2, 0.25) is 0 Å². The van der Waals surface area contributed by atoms with Gasteiger partial charge < -0.3 is 14.8 Å². The molecule has 118 valence electrons. The Balaban J connectivity index is 3.35. The summed E-state index contributed by atoms with van der Waals surface area (Å²) in [6.07, 6.45) is 0.837. The van der Waals surface area contributed by atoms with E-state index in [1.165, 1.54) is 6.07 Å². The third-order valence-electron chi connectivity index (χ3n) is 2.36. The number of nitrogens with one attached hydrogen (secondary N) is 1. The summed E-state index contributed by atoms with van der Waals surface area (Å²) >= 11 is 6.29. The van der Waals surface area contributed by atoms with Crippen LogP contribution in [0.5, 0.6) is 0 Å². The van der Waals surface area contributed by atoms with Gasteiger partial charge in [-0.2, -0.15) is 0 Å². The van der Waals surface area contributed by atoms with Crippen molar-refractivity contribution in [1.29, 1.82) is 0 Å². The average molecular weight is 438 g/mol. The largest absolute Gasteiger partial charge is 0.466 e. The normalized spacial score (nSPS) is 10.8. The molecule has 0 aromatic heterocycles. The molecule has 0 heterocycles. The Labute approximate surface area is 141 Å². The van der Waals surface area contributed by atoms with E-state index in [0.29, 0.717) is 8.95 Å². The number of hydrogen-bond donors (Lipinski definition) is 1. The maximum Gasteiger partial charge on any atom is 0.354 e. The van der Waals surface area contributed by atoms with Crippen molar-refractivity contribution in [3.63, 3.8) is 0 Å². The van der Waals surface area contributed by atoms with E-state index in [1.807, 2.05) is 0 Å². The van der Waals surface area contributed by atoms with Crippen LogP contribution in [0, 0.1) is 10.1 Å². The minimum atomic E-state index is -0.880. The highest BCUT2D eigenvalue weighted by Crippen LogP contribution is 2.36. The predicted molar refractivity (Wildman–Crippen MR) is 84.2 cm³/mol. The van der Waals surface area contributed by atoms with Gasteiger partial charge in [0.25, 0.3) is 5.69 Å². The number of carbonyl (C=O) groups excluding carboxylic acids is 2. The van der Waals surface area contributed by atoms with Gasteiger partial charge in [-0.3, -0.25) is 10.1 Å². The van der Waals surface area contributed by atoms with E-state index in [4.69, 9.17) is 0 Å². The summed E-state index contributed by atoms with van der Waals surface area (Å²) in [5.74, 6) is -1.70. The number of hydrogen-bond acceptors (Lipinski definition) is 7. The first kappa shape index (κ1) is 18.1. The molecule has 0 radical (unpaired) electrons. The molecule has 8 nitrogen and oxygen atoms in total. The second kappa shape index (κ2) is 7.90. The van der Waals surface area contributed by atoms with Gasteiger partial charge in [0.1, 0.15) is 11.4 Å². The van der Waals surface area contributed by atoms with Gasteiger partial charge in [-0.1, -0.05) is 15.9 Å². The second-order valence-corrected chi connectivity index (χ2v) is 5.51. The van der Waals surface area contributed by atoms with Gasteiger partial charge in [0.2, 0.25) is 0 Å². The van der Waals surface area contributed by atoms with Crippen LogP contribution in [0.4, 0.5) is 11.4 Å². The molecule has 0 saturated heterocycles. The van der Waals surface area contributed by atoms with Gasteiger partial charge in [-0.25, -0.2) is 9.59 Å². The zero-order valence-electron chi connectivity index (χ0n) is 11.4. The van der Waals surface area contributed by atoms with Crippen LogP contribution < -0.4 is 5.32 Å². The first-order chi connectivity index (χ1) is 10.3. The molecule has 0 spiro atoms. The van der Waals surface area contributed by atoms with Crippen LogP contribution in [0.1, 0.15) is 0 Å². The number of nitro groups is 1. The standard InChI is InChI=1S/C12H10Br2N2O6/c1-21-10(17)5-8(12(18)22-2)15-11-7(14)3-6(13)4-9(11)16(19)20/h3-5,15H,1-2H3/b8-5+. The van der Waals surface area contributed by atoms with Gasteiger partial charge in [0.15, 0.2) is 0 Å². The number of methoxy groups -OCH3 is 2. The summed E-state index contributed by atoms with van der Waals surface area (Å²) in [7, 11) is 2.24.